The Hall–Kier alpha value is -2.70. The zero-order chi connectivity index (χ0) is 22.5. The van der Waals surface area contributed by atoms with E-state index in [2.05, 4.69) is 48.3 Å². The fourth-order valence-electron chi connectivity index (χ4n) is 4.29. The van der Waals surface area contributed by atoms with Crippen molar-refractivity contribution in [2.45, 2.75) is 45.3 Å². The van der Waals surface area contributed by atoms with Crippen molar-refractivity contribution in [1.29, 1.82) is 0 Å². The topological polar surface area (TPSA) is 61.9 Å². The molecular weight excluding hydrogens is 402 g/mol. The second-order valence-electron chi connectivity index (χ2n) is 9.04. The summed E-state index contributed by atoms with van der Waals surface area (Å²) in [5.74, 6) is 0.419. The highest BCUT2D eigenvalue weighted by molar-refractivity contribution is 5.98. The number of benzene rings is 2. The molecule has 0 spiro atoms. The van der Waals surface area contributed by atoms with E-state index in [1.54, 1.807) is 6.07 Å². The third-order valence-electron chi connectivity index (χ3n) is 6.31. The summed E-state index contributed by atoms with van der Waals surface area (Å²) >= 11 is 0. The molecule has 2 saturated heterocycles. The molecular formula is C26H33N3O3. The summed E-state index contributed by atoms with van der Waals surface area (Å²) in [6.45, 7) is 9.07. The van der Waals surface area contributed by atoms with E-state index in [1.807, 2.05) is 23.1 Å². The first-order chi connectivity index (χ1) is 15.5. The summed E-state index contributed by atoms with van der Waals surface area (Å²) in [7, 11) is 0. The number of anilines is 1. The number of carbonyl (C=O) groups is 2. The highest BCUT2D eigenvalue weighted by Crippen LogP contribution is 2.19. The number of ether oxygens (including phenoxy) is 1. The molecule has 2 aliphatic rings. The van der Waals surface area contributed by atoms with E-state index in [0.29, 0.717) is 36.9 Å². The van der Waals surface area contributed by atoms with Gasteiger partial charge in [-0.2, -0.15) is 0 Å². The number of piperazine rings is 1. The molecule has 2 aliphatic heterocycles. The first-order valence-corrected chi connectivity index (χ1v) is 11.6. The van der Waals surface area contributed by atoms with E-state index in [0.717, 1.165) is 32.5 Å². The number of amides is 2. The summed E-state index contributed by atoms with van der Waals surface area (Å²) in [6.07, 6.45) is 1.27. The molecule has 6 nitrogen and oxygen atoms in total. The molecule has 4 rings (SSSR count). The summed E-state index contributed by atoms with van der Waals surface area (Å²) in [5.41, 5.74) is 3.91. The normalized spacial score (nSPS) is 19.3. The molecule has 170 valence electrons. The number of nitrogens with one attached hydrogen (secondary N) is 1. The van der Waals surface area contributed by atoms with Crippen LogP contribution in [0.1, 0.15) is 54.1 Å². The Labute approximate surface area is 190 Å². The molecule has 0 radical (unpaired) electrons. The van der Waals surface area contributed by atoms with Gasteiger partial charge < -0.3 is 15.0 Å². The summed E-state index contributed by atoms with van der Waals surface area (Å²) in [6, 6.07) is 16.0. The number of nitrogens with zero attached hydrogens (tertiary/aromatic N) is 2. The first kappa shape index (κ1) is 22.5. The van der Waals surface area contributed by atoms with Crippen molar-refractivity contribution in [2.75, 3.05) is 38.1 Å². The SMILES string of the molecule is CC(C)c1ccc(CN2CCN(C(=O)c3cccc(NC(=O)C4CCCO4)c3)CC2)cc1. The maximum Gasteiger partial charge on any atom is 0.254 e. The van der Waals surface area contributed by atoms with Crippen molar-refractivity contribution in [3.63, 3.8) is 0 Å². The minimum absolute atomic E-state index is 0.0131. The predicted molar refractivity (Wildman–Crippen MR) is 126 cm³/mol. The molecule has 0 bridgehead atoms. The average Bonchev–Trinajstić information content (AvgIpc) is 3.35. The standard InChI is InChI=1S/C26H33N3O3/c1-19(2)21-10-8-20(9-11-21)18-28-12-14-29(15-13-28)26(31)22-5-3-6-23(17-22)27-25(30)24-7-4-16-32-24/h3,5-6,8-11,17,19,24H,4,7,12-16,18H2,1-2H3,(H,27,30). The van der Waals surface area contributed by atoms with Crippen LogP contribution in [0.25, 0.3) is 0 Å². The van der Waals surface area contributed by atoms with E-state index in [1.165, 1.54) is 11.1 Å². The van der Waals surface area contributed by atoms with Crippen LogP contribution >= 0.6 is 0 Å². The quantitative estimate of drug-likeness (QED) is 0.748. The first-order valence-electron chi connectivity index (χ1n) is 11.6. The van der Waals surface area contributed by atoms with Crippen LogP contribution in [0.5, 0.6) is 0 Å². The van der Waals surface area contributed by atoms with Crippen molar-refractivity contribution >= 4 is 17.5 Å². The average molecular weight is 436 g/mol. The largest absolute Gasteiger partial charge is 0.368 e. The predicted octanol–water partition coefficient (Wildman–Crippen LogP) is 3.89. The number of hydrogen-bond donors (Lipinski definition) is 1. The Kier molecular flexibility index (Phi) is 7.22. The van der Waals surface area contributed by atoms with E-state index in [9.17, 15) is 9.59 Å². The van der Waals surface area contributed by atoms with Crippen LogP contribution in [0.3, 0.4) is 0 Å². The van der Waals surface area contributed by atoms with Gasteiger partial charge in [-0.05, 0) is 48.1 Å². The molecule has 2 aromatic carbocycles. The molecule has 2 amide bonds. The molecule has 2 aromatic rings. The molecule has 1 N–H and O–H groups in total. The molecule has 1 atom stereocenters. The second kappa shape index (κ2) is 10.3. The fourth-order valence-corrected chi connectivity index (χ4v) is 4.29. The van der Waals surface area contributed by atoms with Gasteiger partial charge in [0.05, 0.1) is 0 Å². The third kappa shape index (κ3) is 5.56. The van der Waals surface area contributed by atoms with Gasteiger partial charge in [-0.15, -0.1) is 0 Å². The van der Waals surface area contributed by atoms with Gasteiger partial charge in [0, 0.05) is 50.6 Å². The van der Waals surface area contributed by atoms with Gasteiger partial charge in [0.1, 0.15) is 6.10 Å². The van der Waals surface area contributed by atoms with Gasteiger partial charge in [-0.3, -0.25) is 14.5 Å². The summed E-state index contributed by atoms with van der Waals surface area (Å²) in [4.78, 5) is 29.6. The molecule has 32 heavy (non-hydrogen) atoms. The zero-order valence-electron chi connectivity index (χ0n) is 19.0. The van der Waals surface area contributed by atoms with Crippen LogP contribution in [0.4, 0.5) is 5.69 Å². The Morgan fingerprint density at radius 3 is 2.47 bits per heavy atom. The summed E-state index contributed by atoms with van der Waals surface area (Å²) in [5, 5.41) is 2.88. The smallest absolute Gasteiger partial charge is 0.254 e. The molecule has 0 saturated carbocycles. The van der Waals surface area contributed by atoms with Gasteiger partial charge in [-0.1, -0.05) is 44.2 Å². The Balaban J connectivity index is 1.29. The van der Waals surface area contributed by atoms with Crippen LogP contribution in [-0.2, 0) is 16.1 Å². The van der Waals surface area contributed by atoms with Gasteiger partial charge in [0.2, 0.25) is 0 Å². The summed E-state index contributed by atoms with van der Waals surface area (Å²) < 4.78 is 5.44. The van der Waals surface area contributed by atoms with E-state index < -0.39 is 0 Å². The van der Waals surface area contributed by atoms with E-state index >= 15 is 0 Å². The minimum Gasteiger partial charge on any atom is -0.368 e. The number of hydrogen-bond acceptors (Lipinski definition) is 4. The number of carbonyl (C=O) groups excluding carboxylic acids is 2. The number of rotatable bonds is 6. The fraction of sp³-hybridized carbons (Fsp3) is 0.462. The maximum absolute atomic E-state index is 13.0. The van der Waals surface area contributed by atoms with Crippen molar-refractivity contribution in [1.82, 2.24) is 9.80 Å². The molecule has 0 aliphatic carbocycles. The van der Waals surface area contributed by atoms with Crippen molar-refractivity contribution in [2.24, 2.45) is 0 Å². The highest BCUT2D eigenvalue weighted by atomic mass is 16.5. The van der Waals surface area contributed by atoms with Crippen LogP contribution < -0.4 is 5.32 Å². The lowest BCUT2D eigenvalue weighted by molar-refractivity contribution is -0.124. The van der Waals surface area contributed by atoms with Gasteiger partial charge in [0.25, 0.3) is 11.8 Å². The minimum atomic E-state index is -0.385. The lowest BCUT2D eigenvalue weighted by Crippen LogP contribution is -2.48. The van der Waals surface area contributed by atoms with Crippen molar-refractivity contribution in [3.05, 3.63) is 65.2 Å². The Morgan fingerprint density at radius 2 is 1.81 bits per heavy atom. The van der Waals surface area contributed by atoms with E-state index in [-0.39, 0.29) is 17.9 Å². The van der Waals surface area contributed by atoms with E-state index in [4.69, 9.17) is 4.74 Å². The highest BCUT2D eigenvalue weighted by Gasteiger charge is 2.25. The molecule has 1 unspecified atom stereocenters. The van der Waals surface area contributed by atoms with Gasteiger partial charge in [-0.25, -0.2) is 0 Å². The maximum atomic E-state index is 13.0. The van der Waals surface area contributed by atoms with Gasteiger partial charge >= 0.3 is 0 Å². The van der Waals surface area contributed by atoms with Crippen LogP contribution in [0, 0.1) is 0 Å². The lowest BCUT2D eigenvalue weighted by Gasteiger charge is -2.35. The monoisotopic (exact) mass is 435 g/mol. The van der Waals surface area contributed by atoms with Gasteiger partial charge in [0.15, 0.2) is 0 Å². The van der Waals surface area contributed by atoms with Crippen LogP contribution in [-0.4, -0.2) is 60.5 Å². The Morgan fingerprint density at radius 1 is 1.06 bits per heavy atom. The molecule has 0 aromatic heterocycles. The zero-order valence-corrected chi connectivity index (χ0v) is 19.0. The lowest BCUT2D eigenvalue weighted by atomic mass is 10.0. The van der Waals surface area contributed by atoms with Crippen molar-refractivity contribution < 1.29 is 14.3 Å². The van der Waals surface area contributed by atoms with Crippen LogP contribution in [0.15, 0.2) is 48.5 Å². The molecule has 6 heteroatoms. The molecule has 2 heterocycles. The Bertz CT molecular complexity index is 928. The van der Waals surface area contributed by atoms with Crippen LogP contribution in [0.2, 0.25) is 0 Å². The molecule has 2 fully saturated rings. The third-order valence-corrected chi connectivity index (χ3v) is 6.31. The van der Waals surface area contributed by atoms with Crippen molar-refractivity contribution in [3.8, 4) is 0 Å². The second-order valence-corrected chi connectivity index (χ2v) is 9.04.